The topological polar surface area (TPSA) is 533 Å². The van der Waals surface area contributed by atoms with E-state index in [0.717, 1.165) is 57.8 Å². The zero-order valence-electron chi connectivity index (χ0n) is 68.0. The van der Waals surface area contributed by atoms with E-state index in [-0.39, 0.29) is 18.1 Å². The summed E-state index contributed by atoms with van der Waals surface area (Å²) in [4.78, 5) is 45.5. The molecule has 0 spiro atoms. The third kappa shape index (κ3) is 55.7. The monoisotopic (exact) mass is 1720 g/mol. The van der Waals surface area contributed by atoms with Crippen LogP contribution in [-0.2, 0) is 97.5 Å². The smallest absolute Gasteiger partial charge is 0.370 e. The maximum atomic E-state index is 13.2. The molecule has 4 aliphatic rings. The van der Waals surface area contributed by atoms with Crippen molar-refractivity contribution in [3.05, 3.63) is 0 Å². The van der Waals surface area contributed by atoms with E-state index in [1.54, 1.807) is 118 Å². The van der Waals surface area contributed by atoms with Crippen LogP contribution >= 0.6 is 0 Å². The minimum atomic E-state index is -5.99. The van der Waals surface area contributed by atoms with Gasteiger partial charge in [-0.2, -0.15) is 35.1 Å². The first-order valence-corrected chi connectivity index (χ1v) is 40.5. The molecule has 0 aromatic heterocycles. The summed E-state index contributed by atoms with van der Waals surface area (Å²) < 4.78 is 267. The van der Waals surface area contributed by atoms with Crippen LogP contribution in [0.3, 0.4) is 0 Å². The van der Waals surface area contributed by atoms with Crippen LogP contribution < -0.4 is 0 Å². The lowest BCUT2D eigenvalue weighted by Crippen LogP contribution is -2.48. The third-order valence-electron chi connectivity index (χ3n) is 13.7. The largest absolute Gasteiger partial charge is 0.743 e. The molecule has 0 radical (unpaired) electrons. The van der Waals surface area contributed by atoms with Crippen molar-refractivity contribution in [2.45, 2.75) is 358 Å². The Morgan fingerprint density at radius 3 is 0.685 bits per heavy atom. The molecule has 0 heterocycles. The van der Waals surface area contributed by atoms with Gasteiger partial charge < -0.3 is 97.0 Å². The molecule has 4 fully saturated rings. The molecule has 8 N–H and O–H groups in total. The van der Waals surface area contributed by atoms with Crippen molar-refractivity contribution in [2.24, 2.45) is 17.8 Å². The lowest BCUT2D eigenvalue weighted by molar-refractivity contribution is -0.176. The molecule has 8 unspecified atom stereocenters. The summed E-state index contributed by atoms with van der Waals surface area (Å²) in [6, 6.07) is 0. The minimum absolute atomic E-state index is 0.105. The van der Waals surface area contributed by atoms with Gasteiger partial charge >= 0.3 is 44.9 Å². The number of esters is 4. The molecular formula is C67H124F8O32S4-4. The highest BCUT2D eigenvalue weighted by Crippen LogP contribution is 2.54. The highest BCUT2D eigenvalue weighted by molar-refractivity contribution is 7.87. The molecule has 44 heteroatoms. The zero-order chi connectivity index (χ0) is 89.9. The van der Waals surface area contributed by atoms with Gasteiger partial charge in [-0.15, -0.1) is 0 Å². The highest BCUT2D eigenvalue weighted by Gasteiger charge is 2.64. The van der Waals surface area contributed by atoms with Crippen LogP contribution in [0.25, 0.3) is 0 Å². The predicted molar refractivity (Wildman–Crippen MR) is 380 cm³/mol. The van der Waals surface area contributed by atoms with Crippen LogP contribution in [0.15, 0.2) is 0 Å². The first-order chi connectivity index (χ1) is 48.5. The first kappa shape index (κ1) is 116. The predicted octanol–water partition coefficient (Wildman–Crippen LogP) is 7.16. The summed E-state index contributed by atoms with van der Waals surface area (Å²) in [5, 5.41) is 53.7. The second kappa shape index (κ2) is 46.0. The maximum absolute atomic E-state index is 13.2. The Labute approximate surface area is 649 Å². The Morgan fingerprint density at radius 1 is 0.324 bits per heavy atom. The molecule has 0 aliphatic heterocycles. The van der Waals surface area contributed by atoms with Gasteiger partial charge in [0.15, 0.2) is 64.9 Å². The van der Waals surface area contributed by atoms with E-state index < -0.39 is 205 Å². The number of rotatable bonds is 27. The standard InChI is InChI=1S/C14H24F2O8S.C12H20F2O7S.C11H18F2O6S.C10H16F2O6S.5C4H10O/c1-7(14(15,16)25(20,21)22)24-8(17)6-23-11-9(12(2,3)18)10(11)13(4,5)19;1-7(12(13,14)22(17,18)19)21-10(15)6-20-9-5-4-8(9)11(2,3)16;1-8(11(12,13)20(15,16)17)19-10(14)7-18-9-5-3-2-4-6-9;1-7(10(11,12)19(14,15)16)18-9(13)6-17-8-4-2-3-5-8;5*1-4(2,3)5/h7,9-11,18-19H,6H2,1-5H3,(H,20,21,22);7-9,16H,4-6H2,1-3H3,(H,17,18,19);8-9H,2-7H2,1H3,(H,15,16,17);7-8H,2-6H2,1H3,(H,14,15,16);5*5H,1-3H3/p-4. The average Bonchev–Trinajstić information content (AvgIpc) is 1.57. The molecule has 8 atom stereocenters. The van der Waals surface area contributed by atoms with E-state index in [1.165, 1.54) is 27.7 Å². The molecule has 111 heavy (non-hydrogen) atoms. The van der Waals surface area contributed by atoms with Crippen molar-refractivity contribution in [1.29, 1.82) is 0 Å². The van der Waals surface area contributed by atoms with Gasteiger partial charge in [0.25, 0.3) is 0 Å². The van der Waals surface area contributed by atoms with Gasteiger partial charge in [-0.05, 0) is 212 Å². The van der Waals surface area contributed by atoms with Crippen molar-refractivity contribution >= 4 is 64.3 Å². The molecule has 32 nitrogen and oxygen atoms in total. The van der Waals surface area contributed by atoms with E-state index in [9.17, 15) is 122 Å². The van der Waals surface area contributed by atoms with E-state index in [4.69, 9.17) is 44.5 Å². The summed E-state index contributed by atoms with van der Waals surface area (Å²) in [7, 11) is -23.7. The quantitative estimate of drug-likeness (QED) is 0.0175. The van der Waals surface area contributed by atoms with Gasteiger partial charge in [0, 0.05) is 17.8 Å². The SMILES string of the molecule is CC(C)(C)O.CC(C)(C)O.CC(C)(C)O.CC(C)(C)O.CC(C)(C)O.CC(OC(=O)COC1C(C(C)(C)O)C1C(C)(C)O)C(F)(F)S(=O)(=O)[O-].CC(OC(=O)COC1CCC1C(C)(C)O)C(F)(F)S(=O)(=O)[O-].CC(OC(=O)COC1CCCC1)C(F)(F)S(=O)(=O)[O-].CC(OC(=O)COC1CCCCC1)C(F)(F)S(=O)(=O)[O-]. The van der Waals surface area contributed by atoms with Crippen LogP contribution in [0, 0.1) is 17.8 Å². The summed E-state index contributed by atoms with van der Waals surface area (Å²) in [6.07, 6.45) is -1.52. The molecule has 0 saturated heterocycles. The molecule has 0 bridgehead atoms. The second-order valence-electron chi connectivity index (χ2n) is 33.1. The summed E-state index contributed by atoms with van der Waals surface area (Å²) in [5.74, 6) is -5.94. The fraction of sp³-hybridized carbons (Fsp3) is 0.940. The number of aliphatic hydroxyl groups is 8. The van der Waals surface area contributed by atoms with Crippen molar-refractivity contribution in [3.8, 4) is 0 Å². The lowest BCUT2D eigenvalue weighted by Gasteiger charge is -2.43. The van der Waals surface area contributed by atoms with Crippen LogP contribution in [-0.4, -0.2) is 258 Å². The molecule has 4 rings (SSSR count). The first-order valence-electron chi connectivity index (χ1n) is 34.8. The Hall–Kier alpha value is -3.52. The van der Waals surface area contributed by atoms with E-state index in [1.807, 2.05) is 0 Å². The molecule has 0 aromatic rings. The number of hydrogen-bond donors (Lipinski definition) is 8. The Morgan fingerprint density at radius 2 is 0.514 bits per heavy atom. The van der Waals surface area contributed by atoms with E-state index >= 15 is 0 Å². The van der Waals surface area contributed by atoms with Gasteiger partial charge in [0.2, 0.25) is 0 Å². The zero-order valence-corrected chi connectivity index (χ0v) is 71.3. The summed E-state index contributed by atoms with van der Waals surface area (Å²) in [5.41, 5.74) is -5.92. The van der Waals surface area contributed by atoms with Crippen LogP contribution in [0.4, 0.5) is 35.1 Å². The average molecular weight is 1720 g/mol. The van der Waals surface area contributed by atoms with Gasteiger partial charge in [0.1, 0.15) is 26.4 Å². The van der Waals surface area contributed by atoms with Crippen LogP contribution in [0.1, 0.15) is 244 Å². The number of alkyl halides is 8. The molecule has 4 saturated carbocycles. The Bertz CT molecular complexity index is 3090. The Balaban J connectivity index is -0.000000407. The van der Waals surface area contributed by atoms with Crippen molar-refractivity contribution in [2.75, 3.05) is 26.4 Å². The number of carbonyl (C=O) groups is 4. The van der Waals surface area contributed by atoms with Crippen molar-refractivity contribution in [1.82, 2.24) is 0 Å². The molecule has 4 aliphatic carbocycles. The lowest BCUT2D eigenvalue weighted by atomic mass is 9.72. The fourth-order valence-electron chi connectivity index (χ4n) is 8.66. The van der Waals surface area contributed by atoms with Gasteiger partial charge in [0.05, 0.1) is 69.2 Å². The number of ether oxygens (including phenoxy) is 8. The summed E-state index contributed by atoms with van der Waals surface area (Å²) in [6.45, 7) is 35.2. The molecular weight excluding hydrogens is 1600 g/mol. The molecule has 0 amide bonds. The normalized spacial score (nSPS) is 20.3. The number of halogens is 8. The number of carbonyl (C=O) groups excluding carboxylic acids is 4. The van der Waals surface area contributed by atoms with Crippen molar-refractivity contribution in [3.63, 3.8) is 0 Å². The van der Waals surface area contributed by atoms with Gasteiger partial charge in [-0.3, -0.25) is 0 Å². The van der Waals surface area contributed by atoms with Crippen LogP contribution in [0.2, 0.25) is 0 Å². The van der Waals surface area contributed by atoms with Crippen molar-refractivity contribution < 1.29 is 185 Å². The Kier molecular flexibility index (Phi) is 48.1. The summed E-state index contributed by atoms with van der Waals surface area (Å²) >= 11 is 0. The van der Waals surface area contributed by atoms with Gasteiger partial charge in [-0.25, -0.2) is 52.8 Å². The third-order valence-corrected chi connectivity index (χ3v) is 17.7. The van der Waals surface area contributed by atoms with Gasteiger partial charge in [-0.1, -0.05) is 32.1 Å². The molecule has 668 valence electrons. The maximum Gasteiger partial charge on any atom is 0.370 e. The van der Waals surface area contributed by atoms with Crippen LogP contribution in [0.5, 0.6) is 0 Å². The molecule has 0 aromatic carbocycles. The highest BCUT2D eigenvalue weighted by atomic mass is 32.2. The fourth-order valence-corrected chi connectivity index (χ4v) is 10.5. The minimum Gasteiger partial charge on any atom is -0.743 e. The second-order valence-corrected chi connectivity index (χ2v) is 38.9. The number of hydrogen-bond acceptors (Lipinski definition) is 32. The van der Waals surface area contributed by atoms with E-state index in [0.29, 0.717) is 40.5 Å². The van der Waals surface area contributed by atoms with E-state index in [2.05, 4.69) is 18.9 Å².